The van der Waals surface area contributed by atoms with Gasteiger partial charge in [0.1, 0.15) is 5.76 Å². The Morgan fingerprint density at radius 1 is 1.18 bits per heavy atom. The minimum atomic E-state index is -0.455. The van der Waals surface area contributed by atoms with E-state index in [0.29, 0.717) is 16.5 Å². The van der Waals surface area contributed by atoms with Crippen molar-refractivity contribution >= 4 is 17.7 Å². The van der Waals surface area contributed by atoms with Gasteiger partial charge in [0.25, 0.3) is 0 Å². The summed E-state index contributed by atoms with van der Waals surface area (Å²) in [5.74, 6) is 1.14. The zero-order valence-corrected chi connectivity index (χ0v) is 19.3. The number of methoxy groups -OCH3 is 1. The van der Waals surface area contributed by atoms with Crippen molar-refractivity contribution in [2.24, 2.45) is 0 Å². The SMILES string of the molecule is COc1ccc(CN(C)C(=O)CSc2nnc(-c3ccoc3C)n2-c2ccccc2)cc1F. The van der Waals surface area contributed by atoms with E-state index in [-0.39, 0.29) is 24.0 Å². The molecule has 0 unspecified atom stereocenters. The highest BCUT2D eigenvalue weighted by molar-refractivity contribution is 7.99. The Morgan fingerprint density at radius 2 is 1.97 bits per heavy atom. The Hall–Kier alpha value is -3.59. The lowest BCUT2D eigenvalue weighted by Gasteiger charge is -2.17. The third kappa shape index (κ3) is 4.93. The second kappa shape index (κ2) is 9.91. The maximum atomic E-state index is 14.0. The number of carbonyl (C=O) groups is 1. The predicted molar refractivity (Wildman–Crippen MR) is 124 cm³/mol. The molecular formula is C24H23FN4O3S. The zero-order valence-electron chi connectivity index (χ0n) is 18.5. The molecule has 1 amide bonds. The number of hydrogen-bond acceptors (Lipinski definition) is 6. The molecular weight excluding hydrogens is 443 g/mol. The summed E-state index contributed by atoms with van der Waals surface area (Å²) < 4.78 is 26.3. The number of nitrogens with zero attached hydrogens (tertiary/aromatic N) is 4. The van der Waals surface area contributed by atoms with Crippen LogP contribution in [0.1, 0.15) is 11.3 Å². The first kappa shape index (κ1) is 22.6. The molecule has 7 nitrogen and oxygen atoms in total. The van der Waals surface area contributed by atoms with E-state index in [1.165, 1.54) is 24.9 Å². The number of hydrogen-bond donors (Lipinski definition) is 0. The number of halogens is 1. The Kier molecular flexibility index (Phi) is 6.79. The fourth-order valence-electron chi connectivity index (χ4n) is 3.37. The van der Waals surface area contributed by atoms with Gasteiger partial charge in [0, 0.05) is 19.3 Å². The van der Waals surface area contributed by atoms with Crippen molar-refractivity contribution in [1.82, 2.24) is 19.7 Å². The topological polar surface area (TPSA) is 73.4 Å². The zero-order chi connectivity index (χ0) is 23.4. The first-order chi connectivity index (χ1) is 16.0. The number of carbonyl (C=O) groups excluding carboxylic acids is 1. The maximum Gasteiger partial charge on any atom is 0.233 e. The van der Waals surface area contributed by atoms with E-state index in [1.807, 2.05) is 47.9 Å². The monoisotopic (exact) mass is 466 g/mol. The van der Waals surface area contributed by atoms with Crippen LogP contribution in [0.4, 0.5) is 4.39 Å². The van der Waals surface area contributed by atoms with Crippen molar-refractivity contribution in [3.63, 3.8) is 0 Å². The molecule has 0 saturated heterocycles. The minimum Gasteiger partial charge on any atom is -0.494 e. The van der Waals surface area contributed by atoms with E-state index < -0.39 is 5.82 Å². The number of furan rings is 1. The molecule has 0 fully saturated rings. The molecule has 0 atom stereocenters. The van der Waals surface area contributed by atoms with Gasteiger partial charge in [-0.1, -0.05) is 36.0 Å². The number of thioether (sulfide) groups is 1. The molecule has 9 heteroatoms. The summed E-state index contributed by atoms with van der Waals surface area (Å²) in [5, 5.41) is 9.29. The van der Waals surface area contributed by atoms with Gasteiger partial charge in [0.15, 0.2) is 22.5 Å². The first-order valence-electron chi connectivity index (χ1n) is 10.2. The van der Waals surface area contributed by atoms with Gasteiger partial charge in [0.05, 0.1) is 24.7 Å². The van der Waals surface area contributed by atoms with E-state index in [4.69, 9.17) is 9.15 Å². The number of aryl methyl sites for hydroxylation is 1. The third-order valence-electron chi connectivity index (χ3n) is 5.13. The number of aromatic nitrogens is 3. The molecule has 0 saturated carbocycles. The third-order valence-corrected chi connectivity index (χ3v) is 6.05. The van der Waals surface area contributed by atoms with E-state index in [1.54, 1.807) is 30.3 Å². The molecule has 2 aromatic carbocycles. The summed E-state index contributed by atoms with van der Waals surface area (Å²) in [5.41, 5.74) is 2.40. The van der Waals surface area contributed by atoms with Crippen LogP contribution in [0.2, 0.25) is 0 Å². The Morgan fingerprint density at radius 3 is 2.64 bits per heavy atom. The van der Waals surface area contributed by atoms with Gasteiger partial charge in [-0.05, 0) is 42.8 Å². The van der Waals surface area contributed by atoms with Crippen LogP contribution in [0.25, 0.3) is 17.1 Å². The van der Waals surface area contributed by atoms with Crippen molar-refractivity contribution in [2.75, 3.05) is 19.9 Å². The highest BCUT2D eigenvalue weighted by Crippen LogP contribution is 2.30. The summed E-state index contributed by atoms with van der Waals surface area (Å²) >= 11 is 1.30. The van der Waals surface area contributed by atoms with Crippen LogP contribution in [0.5, 0.6) is 5.75 Å². The van der Waals surface area contributed by atoms with Crippen LogP contribution in [-0.2, 0) is 11.3 Å². The molecule has 170 valence electrons. The molecule has 4 aromatic rings. The predicted octanol–water partition coefficient (Wildman–Crippen LogP) is 4.73. The van der Waals surface area contributed by atoms with Crippen molar-refractivity contribution in [2.45, 2.75) is 18.6 Å². The summed E-state index contributed by atoms with van der Waals surface area (Å²) in [4.78, 5) is 14.3. The minimum absolute atomic E-state index is 0.111. The second-order valence-electron chi connectivity index (χ2n) is 7.37. The Balaban J connectivity index is 1.51. The van der Waals surface area contributed by atoms with Gasteiger partial charge in [-0.25, -0.2) is 4.39 Å². The summed E-state index contributed by atoms with van der Waals surface area (Å²) in [6.07, 6.45) is 1.61. The van der Waals surface area contributed by atoms with Crippen molar-refractivity contribution in [3.8, 4) is 22.8 Å². The lowest BCUT2D eigenvalue weighted by Crippen LogP contribution is -2.28. The molecule has 0 aliphatic rings. The fraction of sp³-hybridized carbons (Fsp3) is 0.208. The van der Waals surface area contributed by atoms with Crippen LogP contribution >= 0.6 is 11.8 Å². The Labute approximate surface area is 195 Å². The van der Waals surface area contributed by atoms with Gasteiger partial charge >= 0.3 is 0 Å². The van der Waals surface area contributed by atoms with Gasteiger partial charge in [-0.3, -0.25) is 9.36 Å². The lowest BCUT2D eigenvalue weighted by atomic mass is 10.2. The normalized spacial score (nSPS) is 10.9. The van der Waals surface area contributed by atoms with Crippen LogP contribution in [-0.4, -0.2) is 45.5 Å². The molecule has 0 radical (unpaired) electrons. The average Bonchev–Trinajstić information content (AvgIpc) is 3.43. The van der Waals surface area contributed by atoms with Gasteiger partial charge in [-0.2, -0.15) is 0 Å². The van der Waals surface area contributed by atoms with Crippen molar-refractivity contribution in [1.29, 1.82) is 0 Å². The van der Waals surface area contributed by atoms with Crippen LogP contribution in [0.15, 0.2) is 70.4 Å². The van der Waals surface area contributed by atoms with Crippen molar-refractivity contribution < 1.29 is 18.3 Å². The molecule has 0 N–H and O–H groups in total. The molecule has 2 aromatic heterocycles. The van der Waals surface area contributed by atoms with Crippen LogP contribution < -0.4 is 4.74 Å². The summed E-state index contributed by atoms with van der Waals surface area (Å²) in [7, 11) is 3.10. The smallest absolute Gasteiger partial charge is 0.233 e. The summed E-state index contributed by atoms with van der Waals surface area (Å²) in [6.45, 7) is 2.15. The standard InChI is InChI=1S/C24H23FN4O3S/c1-16-19(11-12-32-16)23-26-27-24(29(23)18-7-5-4-6-8-18)33-15-22(30)28(2)14-17-9-10-21(31-3)20(25)13-17/h4-13H,14-15H2,1-3H3. The van der Waals surface area contributed by atoms with Gasteiger partial charge < -0.3 is 14.1 Å². The molecule has 0 bridgehead atoms. The average molecular weight is 467 g/mol. The summed E-state index contributed by atoms with van der Waals surface area (Å²) in [6, 6.07) is 16.2. The van der Waals surface area contributed by atoms with E-state index in [0.717, 1.165) is 17.0 Å². The largest absolute Gasteiger partial charge is 0.494 e. The number of benzene rings is 2. The number of amides is 1. The molecule has 0 aliphatic heterocycles. The Bertz CT molecular complexity index is 1260. The van der Waals surface area contributed by atoms with E-state index in [2.05, 4.69) is 10.2 Å². The van der Waals surface area contributed by atoms with E-state index in [9.17, 15) is 9.18 Å². The quantitative estimate of drug-likeness (QED) is 0.350. The lowest BCUT2D eigenvalue weighted by molar-refractivity contribution is -0.127. The maximum absolute atomic E-state index is 14.0. The van der Waals surface area contributed by atoms with Gasteiger partial charge in [0.2, 0.25) is 5.91 Å². The fourth-order valence-corrected chi connectivity index (χ4v) is 4.26. The highest BCUT2D eigenvalue weighted by atomic mass is 32.2. The number of para-hydroxylation sites is 1. The molecule has 0 aliphatic carbocycles. The molecule has 33 heavy (non-hydrogen) atoms. The van der Waals surface area contributed by atoms with Crippen molar-refractivity contribution in [3.05, 3.63) is 78.0 Å². The molecule has 0 spiro atoms. The molecule has 4 rings (SSSR count). The van der Waals surface area contributed by atoms with E-state index >= 15 is 0 Å². The highest BCUT2D eigenvalue weighted by Gasteiger charge is 2.20. The van der Waals surface area contributed by atoms with Crippen LogP contribution in [0, 0.1) is 12.7 Å². The molecule has 2 heterocycles. The number of ether oxygens (including phenoxy) is 1. The van der Waals surface area contributed by atoms with Crippen LogP contribution in [0.3, 0.4) is 0 Å². The number of rotatable bonds is 8. The second-order valence-corrected chi connectivity index (χ2v) is 8.32. The van der Waals surface area contributed by atoms with Gasteiger partial charge in [-0.15, -0.1) is 10.2 Å². The first-order valence-corrected chi connectivity index (χ1v) is 11.2.